The molecule has 0 bridgehead atoms. The molecule has 1 aromatic heterocycles. The minimum absolute atomic E-state index is 0.00352. The quantitative estimate of drug-likeness (QED) is 0.719. The minimum Gasteiger partial charge on any atom is -0.291 e. The molecule has 1 atom stereocenters. The maximum absolute atomic E-state index is 11.8. The van der Waals surface area contributed by atoms with Crippen LogP contribution in [0.4, 0.5) is 0 Å². The number of carbonyl (C=O) groups excluding carboxylic acids is 1. The van der Waals surface area contributed by atoms with Crippen LogP contribution in [-0.2, 0) is 0 Å². The summed E-state index contributed by atoms with van der Waals surface area (Å²) in [6.07, 6.45) is 2.36. The van der Waals surface area contributed by atoms with Gasteiger partial charge in [-0.15, -0.1) is 0 Å². The molecule has 1 unspecified atom stereocenters. The van der Waals surface area contributed by atoms with Crippen molar-refractivity contribution in [3.05, 3.63) is 34.2 Å². The summed E-state index contributed by atoms with van der Waals surface area (Å²) < 4.78 is 1.54. The maximum atomic E-state index is 11.8. The molecular weight excluding hydrogens is 178 g/mol. The van der Waals surface area contributed by atoms with Crippen molar-refractivity contribution < 1.29 is 4.79 Å². The molecule has 0 spiro atoms. The van der Waals surface area contributed by atoms with Crippen molar-refractivity contribution in [1.82, 2.24) is 4.57 Å². The van der Waals surface area contributed by atoms with Gasteiger partial charge in [-0.1, -0.05) is 13.8 Å². The number of hydrogen-bond donors (Lipinski definition) is 0. The molecule has 0 amide bonds. The average molecular weight is 193 g/mol. The molecule has 0 saturated heterocycles. The normalized spacial score (nSPS) is 12.5. The van der Waals surface area contributed by atoms with Gasteiger partial charge in [0.2, 0.25) is 5.91 Å². The van der Waals surface area contributed by atoms with E-state index in [1.54, 1.807) is 13.1 Å². The predicted molar refractivity (Wildman–Crippen MR) is 55.5 cm³/mol. The van der Waals surface area contributed by atoms with Gasteiger partial charge in [-0.2, -0.15) is 0 Å². The fraction of sp³-hybridized carbons (Fsp3) is 0.455. The van der Waals surface area contributed by atoms with Crippen LogP contribution < -0.4 is 5.43 Å². The summed E-state index contributed by atoms with van der Waals surface area (Å²) in [6.45, 7) is 5.63. The lowest BCUT2D eigenvalue weighted by Gasteiger charge is -2.12. The molecule has 0 radical (unpaired) electrons. The molecule has 3 nitrogen and oxygen atoms in total. The summed E-state index contributed by atoms with van der Waals surface area (Å²) in [5.74, 6) is 0.0428. The molecule has 0 N–H and O–H groups in total. The Hall–Kier alpha value is -1.38. The van der Waals surface area contributed by atoms with E-state index in [1.807, 2.05) is 13.8 Å². The fourth-order valence-corrected chi connectivity index (χ4v) is 1.25. The average Bonchev–Trinajstić information content (AvgIpc) is 2.15. The summed E-state index contributed by atoms with van der Waals surface area (Å²) >= 11 is 0. The largest absolute Gasteiger partial charge is 0.291 e. The van der Waals surface area contributed by atoms with Crippen LogP contribution in [0.15, 0.2) is 23.1 Å². The molecule has 76 valence electrons. The first-order valence-corrected chi connectivity index (χ1v) is 4.79. The number of pyridine rings is 1. The highest BCUT2D eigenvalue weighted by atomic mass is 16.2. The minimum atomic E-state index is -0.0595. The molecule has 3 heteroatoms. The van der Waals surface area contributed by atoms with Gasteiger partial charge in [-0.25, -0.2) is 0 Å². The molecule has 0 aliphatic rings. The first-order chi connectivity index (χ1) is 6.56. The molecular formula is C11H15NO2. The van der Waals surface area contributed by atoms with Gasteiger partial charge in [0, 0.05) is 29.9 Å². The fourth-order valence-electron chi connectivity index (χ4n) is 1.25. The molecule has 0 aliphatic heterocycles. The Kier molecular flexibility index (Phi) is 3.23. The molecule has 0 aromatic carbocycles. The highest BCUT2D eigenvalue weighted by Crippen LogP contribution is 2.06. The van der Waals surface area contributed by atoms with Crippen molar-refractivity contribution in [2.45, 2.75) is 27.2 Å². The van der Waals surface area contributed by atoms with Crippen LogP contribution in [0.2, 0.25) is 0 Å². The smallest absolute Gasteiger partial charge is 0.233 e. The summed E-state index contributed by atoms with van der Waals surface area (Å²) in [7, 11) is 0. The Morgan fingerprint density at radius 3 is 2.71 bits per heavy atom. The topological polar surface area (TPSA) is 39.1 Å². The highest BCUT2D eigenvalue weighted by Gasteiger charge is 2.13. The van der Waals surface area contributed by atoms with Crippen molar-refractivity contribution in [1.29, 1.82) is 0 Å². The Bertz CT molecular complexity index is 393. The zero-order valence-electron chi connectivity index (χ0n) is 8.78. The summed E-state index contributed by atoms with van der Waals surface area (Å²) in [4.78, 5) is 22.7. The van der Waals surface area contributed by atoms with Gasteiger partial charge in [0.15, 0.2) is 5.43 Å². The third kappa shape index (κ3) is 2.10. The van der Waals surface area contributed by atoms with Crippen LogP contribution in [0.25, 0.3) is 0 Å². The van der Waals surface area contributed by atoms with Crippen LogP contribution in [0, 0.1) is 12.8 Å². The molecule has 0 aliphatic carbocycles. The number of hydrogen-bond acceptors (Lipinski definition) is 2. The van der Waals surface area contributed by atoms with E-state index in [9.17, 15) is 9.59 Å². The van der Waals surface area contributed by atoms with E-state index in [0.29, 0.717) is 5.69 Å². The summed E-state index contributed by atoms with van der Waals surface area (Å²) in [6, 6.07) is 2.88. The van der Waals surface area contributed by atoms with Crippen molar-refractivity contribution in [3.63, 3.8) is 0 Å². The van der Waals surface area contributed by atoms with E-state index >= 15 is 0 Å². The number of aryl methyl sites for hydroxylation is 1. The first kappa shape index (κ1) is 10.7. The monoisotopic (exact) mass is 193 g/mol. The van der Waals surface area contributed by atoms with Gasteiger partial charge in [0.1, 0.15) is 0 Å². The number of nitrogens with zero attached hydrogens (tertiary/aromatic N) is 1. The lowest BCUT2D eigenvalue weighted by Crippen LogP contribution is -2.22. The molecule has 14 heavy (non-hydrogen) atoms. The summed E-state index contributed by atoms with van der Waals surface area (Å²) in [5, 5.41) is 0. The third-order valence-corrected chi connectivity index (χ3v) is 2.39. The first-order valence-electron chi connectivity index (χ1n) is 4.79. The van der Waals surface area contributed by atoms with Crippen molar-refractivity contribution >= 4 is 5.91 Å². The van der Waals surface area contributed by atoms with E-state index in [-0.39, 0.29) is 17.3 Å². The van der Waals surface area contributed by atoms with Gasteiger partial charge in [0.05, 0.1) is 0 Å². The second-order valence-electron chi connectivity index (χ2n) is 3.52. The van der Waals surface area contributed by atoms with Crippen LogP contribution in [0.3, 0.4) is 0 Å². The van der Waals surface area contributed by atoms with Crippen molar-refractivity contribution in [3.8, 4) is 0 Å². The highest BCUT2D eigenvalue weighted by molar-refractivity contribution is 5.81. The Labute approximate surface area is 83.4 Å². The maximum Gasteiger partial charge on any atom is 0.233 e. The molecule has 0 saturated carbocycles. The van der Waals surface area contributed by atoms with Gasteiger partial charge >= 0.3 is 0 Å². The number of carbonyl (C=O) groups is 1. The zero-order valence-corrected chi connectivity index (χ0v) is 8.78. The van der Waals surface area contributed by atoms with Gasteiger partial charge in [-0.3, -0.25) is 14.2 Å². The zero-order chi connectivity index (χ0) is 10.7. The van der Waals surface area contributed by atoms with Crippen LogP contribution >= 0.6 is 0 Å². The Morgan fingerprint density at radius 1 is 1.57 bits per heavy atom. The second-order valence-corrected chi connectivity index (χ2v) is 3.52. The summed E-state index contributed by atoms with van der Waals surface area (Å²) in [5.41, 5.74) is 0.638. The van der Waals surface area contributed by atoms with Crippen LogP contribution in [-0.4, -0.2) is 10.5 Å². The Balaban J connectivity index is 3.08. The van der Waals surface area contributed by atoms with Crippen molar-refractivity contribution in [2.24, 2.45) is 5.92 Å². The third-order valence-electron chi connectivity index (χ3n) is 2.39. The van der Waals surface area contributed by atoms with E-state index in [2.05, 4.69) is 0 Å². The van der Waals surface area contributed by atoms with Crippen molar-refractivity contribution in [2.75, 3.05) is 0 Å². The van der Waals surface area contributed by atoms with E-state index in [0.717, 1.165) is 6.42 Å². The van der Waals surface area contributed by atoms with E-state index in [4.69, 9.17) is 0 Å². The predicted octanol–water partition coefficient (Wildman–Crippen LogP) is 1.84. The van der Waals surface area contributed by atoms with Crippen LogP contribution in [0.5, 0.6) is 0 Å². The molecule has 1 heterocycles. The second kappa shape index (κ2) is 4.22. The lowest BCUT2D eigenvalue weighted by atomic mass is 10.1. The van der Waals surface area contributed by atoms with Gasteiger partial charge in [0.25, 0.3) is 0 Å². The van der Waals surface area contributed by atoms with Crippen LogP contribution in [0.1, 0.15) is 30.8 Å². The van der Waals surface area contributed by atoms with Gasteiger partial charge in [-0.05, 0) is 13.3 Å². The standard InChI is InChI=1S/C11H15NO2/c1-4-8(2)11(14)12-6-5-10(13)7-9(12)3/h5-8H,4H2,1-3H3. The Morgan fingerprint density at radius 2 is 2.21 bits per heavy atom. The van der Waals surface area contributed by atoms with E-state index < -0.39 is 0 Å². The number of rotatable bonds is 2. The number of aromatic nitrogens is 1. The molecule has 1 rings (SSSR count). The van der Waals surface area contributed by atoms with E-state index in [1.165, 1.54) is 16.7 Å². The SMILES string of the molecule is CCC(C)C(=O)n1ccc(=O)cc1C. The lowest BCUT2D eigenvalue weighted by molar-refractivity contribution is 0.0838. The molecule has 0 fully saturated rings. The van der Waals surface area contributed by atoms with Gasteiger partial charge < -0.3 is 0 Å². The molecule has 1 aromatic rings.